The summed E-state index contributed by atoms with van der Waals surface area (Å²) in [6.45, 7) is 0.458. The number of alkyl halides is 3. The molecule has 2 heterocycles. The van der Waals surface area contributed by atoms with Gasteiger partial charge in [0.15, 0.2) is 24.8 Å². The third-order valence-corrected chi connectivity index (χ3v) is 6.86. The van der Waals surface area contributed by atoms with Crippen LogP contribution >= 0.6 is 55.3 Å². The van der Waals surface area contributed by atoms with E-state index in [1.165, 1.54) is 12.1 Å². The Kier molecular flexibility index (Phi) is 7.30. The van der Waals surface area contributed by atoms with Crippen molar-refractivity contribution in [3.05, 3.63) is 64.8 Å². The maximum absolute atomic E-state index is 12.9. The number of nitrogens with one attached hydrogen (secondary N) is 2. The number of aromatic amines is 1. The van der Waals surface area contributed by atoms with Crippen molar-refractivity contribution in [2.24, 2.45) is 4.99 Å². The molecule has 2 aromatic carbocycles. The van der Waals surface area contributed by atoms with Gasteiger partial charge in [0.25, 0.3) is 5.91 Å². The summed E-state index contributed by atoms with van der Waals surface area (Å²) in [6, 6.07) is 11.9. The number of carbonyl (C=O) groups excluding carboxylic acids is 1. The lowest BCUT2D eigenvalue weighted by molar-refractivity contribution is -0.114. The summed E-state index contributed by atoms with van der Waals surface area (Å²) < 4.78 is 33.0. The number of amides is 1. The summed E-state index contributed by atoms with van der Waals surface area (Å²) in [5, 5.41) is 4.59. The minimum absolute atomic E-state index is 0.0685. The largest absolute Gasteiger partial charge is 0.451 e. The number of aromatic nitrogens is 1. The number of aliphatic imine (C=N–C) groups is 1. The number of hydrogen-bond donors (Lipinski definition) is 2. The lowest BCUT2D eigenvalue weighted by Gasteiger charge is -2.11. The van der Waals surface area contributed by atoms with E-state index in [2.05, 4.69) is 20.0 Å². The van der Waals surface area contributed by atoms with E-state index in [1.54, 1.807) is 12.1 Å². The first kappa shape index (κ1) is 23.4. The zero-order chi connectivity index (χ0) is 22.7. The maximum Gasteiger partial charge on any atom is 0.451 e. The summed E-state index contributed by atoms with van der Waals surface area (Å²) >= 11 is 6.02. The smallest absolute Gasteiger partial charge is 0.425 e. The van der Waals surface area contributed by atoms with E-state index >= 15 is 0 Å². The van der Waals surface area contributed by atoms with E-state index in [0.29, 0.717) is 33.9 Å². The predicted octanol–water partition coefficient (Wildman–Crippen LogP) is 5.53. The zero-order valence-corrected chi connectivity index (χ0v) is 21.4. The molecule has 2 N–H and O–H groups in total. The molecule has 0 aliphatic carbocycles. The Labute approximate surface area is 211 Å². The SMILES string of the molecule is O=C(NCCc1c[nH]c2ccc(Cl)cc12)C1=IOC(Cc2ccc(OC(F)(F)I)cc2)=N1. The van der Waals surface area contributed by atoms with Gasteiger partial charge in [0.2, 0.25) is 5.90 Å². The van der Waals surface area contributed by atoms with Crippen LogP contribution in [0.1, 0.15) is 11.1 Å². The van der Waals surface area contributed by atoms with Crippen LogP contribution in [0.25, 0.3) is 10.9 Å². The van der Waals surface area contributed by atoms with Gasteiger partial charge in [-0.1, -0.05) is 23.7 Å². The normalized spacial score (nSPS) is 13.8. The molecular formula is C21H16ClF2I2N3O3. The van der Waals surface area contributed by atoms with E-state index in [-0.39, 0.29) is 11.7 Å². The van der Waals surface area contributed by atoms with Crippen molar-refractivity contribution in [2.75, 3.05) is 6.54 Å². The van der Waals surface area contributed by atoms with Gasteiger partial charge in [0, 0.05) is 35.1 Å². The quantitative estimate of drug-likeness (QED) is 0.242. The zero-order valence-electron chi connectivity index (χ0n) is 16.3. The van der Waals surface area contributed by atoms with E-state index in [4.69, 9.17) is 14.7 Å². The van der Waals surface area contributed by atoms with Crippen LogP contribution in [0.3, 0.4) is 0 Å². The summed E-state index contributed by atoms with van der Waals surface area (Å²) in [5.74, 6) is 0.278. The third-order valence-electron chi connectivity index (χ3n) is 4.53. The van der Waals surface area contributed by atoms with Crippen molar-refractivity contribution in [3.8, 4) is 5.75 Å². The molecule has 6 nitrogen and oxygen atoms in total. The lowest BCUT2D eigenvalue weighted by atomic mass is 10.1. The highest BCUT2D eigenvalue weighted by Gasteiger charge is 2.26. The van der Waals surface area contributed by atoms with Gasteiger partial charge in [-0.15, -0.1) is 0 Å². The highest BCUT2D eigenvalue weighted by molar-refractivity contribution is 14.2. The second-order valence-corrected chi connectivity index (χ2v) is 10.4. The van der Waals surface area contributed by atoms with Gasteiger partial charge >= 0.3 is 4.12 Å². The maximum atomic E-state index is 12.9. The molecule has 0 spiro atoms. The topological polar surface area (TPSA) is 75.7 Å². The van der Waals surface area contributed by atoms with Gasteiger partial charge in [0.1, 0.15) is 5.75 Å². The number of rotatable bonds is 8. The fraction of sp³-hybridized carbons (Fsp3) is 0.190. The molecule has 0 atom stereocenters. The Bertz CT molecular complexity index is 1210. The van der Waals surface area contributed by atoms with Gasteiger partial charge < -0.3 is 18.1 Å². The minimum Gasteiger partial charge on any atom is -0.425 e. The fourth-order valence-corrected chi connectivity index (χ4v) is 5.00. The molecule has 168 valence electrons. The number of fused-ring (bicyclic) bond motifs is 1. The number of hydrogen-bond acceptors (Lipinski definition) is 4. The van der Waals surface area contributed by atoms with Crippen LogP contribution in [0.4, 0.5) is 8.78 Å². The van der Waals surface area contributed by atoms with E-state index in [0.717, 1.165) is 44.6 Å². The lowest BCUT2D eigenvalue weighted by Crippen LogP contribution is -2.30. The first-order valence-electron chi connectivity index (χ1n) is 9.41. The van der Waals surface area contributed by atoms with Gasteiger partial charge in [-0.3, -0.25) is 4.79 Å². The van der Waals surface area contributed by atoms with Crippen molar-refractivity contribution in [1.82, 2.24) is 10.3 Å². The molecule has 4 rings (SSSR count). The van der Waals surface area contributed by atoms with Crippen LogP contribution in [0.5, 0.6) is 5.75 Å². The summed E-state index contributed by atoms with van der Waals surface area (Å²) in [5.41, 5.74) is 2.88. The number of ether oxygens (including phenoxy) is 1. The molecule has 32 heavy (non-hydrogen) atoms. The molecule has 0 unspecified atom stereocenters. The monoisotopic (exact) mass is 685 g/mol. The molecule has 0 saturated heterocycles. The molecule has 1 amide bonds. The van der Waals surface area contributed by atoms with E-state index in [1.807, 2.05) is 24.4 Å². The Balaban J connectivity index is 1.28. The third kappa shape index (κ3) is 6.16. The van der Waals surface area contributed by atoms with Gasteiger partial charge in [-0.2, -0.15) is 8.78 Å². The second kappa shape index (κ2) is 10.00. The van der Waals surface area contributed by atoms with Crippen LogP contribution in [-0.4, -0.2) is 31.1 Å². The Morgan fingerprint density at radius 2 is 2.06 bits per heavy atom. The first-order valence-corrected chi connectivity index (χ1v) is 12.8. The van der Waals surface area contributed by atoms with Crippen molar-refractivity contribution in [3.63, 3.8) is 0 Å². The molecule has 3 aromatic rings. The molecule has 11 heteroatoms. The van der Waals surface area contributed by atoms with Crippen LogP contribution in [0.2, 0.25) is 5.02 Å². The predicted molar refractivity (Wildman–Crippen MR) is 137 cm³/mol. The standard InChI is InChI=1S/C21H16ClF2I2N3O3/c22-14-3-6-17-16(10-14)13(11-28-17)7-8-27-20(30)19-26-32-18(29-19)9-12-1-4-15(5-2-12)31-21(23,24)25/h1-6,10-11,28H,7-9H2,(H,27,30). The fourth-order valence-electron chi connectivity index (χ4n) is 3.10. The molecule has 0 radical (unpaired) electrons. The summed E-state index contributed by atoms with van der Waals surface area (Å²) in [4.78, 5) is 19.9. The van der Waals surface area contributed by atoms with Crippen molar-refractivity contribution < 1.29 is 21.4 Å². The van der Waals surface area contributed by atoms with Crippen LogP contribution in [-0.2, 0) is 20.7 Å². The number of halogens is 5. The summed E-state index contributed by atoms with van der Waals surface area (Å²) in [6.07, 6.45) is 2.94. The van der Waals surface area contributed by atoms with Gasteiger partial charge in [-0.25, -0.2) is 4.99 Å². The highest BCUT2D eigenvalue weighted by atomic mass is 127. The molecule has 0 bridgehead atoms. The van der Waals surface area contributed by atoms with E-state index < -0.39 is 25.3 Å². The molecule has 1 aliphatic heterocycles. The van der Waals surface area contributed by atoms with Crippen LogP contribution < -0.4 is 10.1 Å². The van der Waals surface area contributed by atoms with Crippen LogP contribution in [0, 0.1) is 0 Å². The van der Waals surface area contributed by atoms with Crippen molar-refractivity contribution in [1.29, 1.82) is 0 Å². The molecule has 0 fully saturated rings. The number of H-pyrrole nitrogens is 1. The molecular weight excluding hydrogens is 670 g/mol. The van der Waals surface area contributed by atoms with Crippen molar-refractivity contribution in [2.45, 2.75) is 17.0 Å². The van der Waals surface area contributed by atoms with Gasteiger partial charge in [0.05, 0.1) is 22.6 Å². The Hall–Kier alpha value is -1.80. The highest BCUT2D eigenvalue weighted by Crippen LogP contribution is 2.28. The number of benzene rings is 2. The average Bonchev–Trinajstić information content (AvgIpc) is 3.35. The van der Waals surface area contributed by atoms with E-state index in [9.17, 15) is 13.6 Å². The molecule has 1 aromatic heterocycles. The molecule has 0 saturated carbocycles. The van der Waals surface area contributed by atoms with Crippen LogP contribution in [0.15, 0.2) is 53.7 Å². The average molecular weight is 686 g/mol. The number of nitrogens with zero attached hydrogens (tertiary/aromatic N) is 1. The number of carbonyl (C=O) groups is 1. The summed E-state index contributed by atoms with van der Waals surface area (Å²) in [7, 11) is 0. The second-order valence-electron chi connectivity index (χ2n) is 6.83. The minimum atomic E-state index is -3.26. The Morgan fingerprint density at radius 3 is 2.81 bits per heavy atom. The first-order chi connectivity index (χ1) is 15.3. The van der Waals surface area contributed by atoms with Crippen molar-refractivity contribution >= 4 is 81.7 Å². The Morgan fingerprint density at radius 1 is 1.28 bits per heavy atom. The van der Waals surface area contributed by atoms with Gasteiger partial charge in [-0.05, 0) is 47.9 Å². The molecule has 1 aliphatic rings.